The second-order valence-electron chi connectivity index (χ2n) is 11.2. The number of hydrogen-bond acceptors (Lipinski definition) is 19. The summed E-state index contributed by atoms with van der Waals surface area (Å²) in [6.45, 7) is -0.967. The summed E-state index contributed by atoms with van der Waals surface area (Å²) in [6, 6.07) is -4.18. The van der Waals surface area contributed by atoms with E-state index in [9.17, 15) is 35.7 Å². The van der Waals surface area contributed by atoms with Crippen molar-refractivity contribution in [2.45, 2.75) is 123 Å². The van der Waals surface area contributed by atoms with Crippen molar-refractivity contribution in [2.75, 3.05) is 19.7 Å². The Morgan fingerprint density at radius 1 is 0.524 bits per heavy atom. The van der Waals surface area contributed by atoms with Crippen LogP contribution in [0.25, 0.3) is 0 Å². The minimum atomic E-state index is -1.60. The van der Waals surface area contributed by atoms with E-state index in [0.717, 1.165) is 0 Å². The minimum Gasteiger partial charge on any atom is -0.394 e. The number of aliphatic hydroxyl groups is 7. The van der Waals surface area contributed by atoms with Crippen LogP contribution in [0.5, 0.6) is 0 Å². The molecule has 3 heterocycles. The monoisotopic (exact) mass is 614 g/mol. The predicted octanol–water partition coefficient (Wildman–Crippen LogP) is -8.90. The van der Waals surface area contributed by atoms with Gasteiger partial charge >= 0.3 is 0 Å². The van der Waals surface area contributed by atoms with Crippen LogP contribution in [0.3, 0.4) is 0 Å². The summed E-state index contributed by atoms with van der Waals surface area (Å²) < 4.78 is 34.6. The standard InChI is InChI=1S/C23H46N6O13/c24-2-7-13(32)15(34)10(28)21(37-7)40-18-6(27)1-5(26)12(31)20(18)42-23-17(36)19(9(4-30)39-23)41-22-11(29)16(35)14(33)8(3-25)38-22/h5-23,30-36H,1-4,24-29H2/t5-,6+,7-,8+,9-,10-,11-,12+,13+,14-,15-,16-,17-,18-,19-,20-,21-,22-,23+/m1/s1. The first-order valence-electron chi connectivity index (χ1n) is 13.9. The molecule has 1 saturated carbocycles. The van der Waals surface area contributed by atoms with E-state index < -0.39 is 123 Å². The summed E-state index contributed by atoms with van der Waals surface area (Å²) in [6.07, 6.45) is -19.8. The van der Waals surface area contributed by atoms with E-state index in [-0.39, 0.29) is 19.5 Å². The number of rotatable bonds is 9. The lowest BCUT2D eigenvalue weighted by atomic mass is 9.84. The molecule has 0 bridgehead atoms. The third-order valence-corrected chi connectivity index (χ3v) is 8.37. The molecule has 42 heavy (non-hydrogen) atoms. The quantitative estimate of drug-likeness (QED) is 0.115. The maximum atomic E-state index is 11.1. The zero-order valence-electron chi connectivity index (χ0n) is 22.8. The van der Waals surface area contributed by atoms with Crippen LogP contribution in [0.4, 0.5) is 0 Å². The van der Waals surface area contributed by atoms with E-state index in [1.165, 1.54) is 0 Å². The van der Waals surface area contributed by atoms with Gasteiger partial charge in [-0.2, -0.15) is 0 Å². The smallest absolute Gasteiger partial charge is 0.187 e. The Morgan fingerprint density at radius 3 is 1.45 bits per heavy atom. The summed E-state index contributed by atoms with van der Waals surface area (Å²) in [5, 5.41) is 73.0. The highest BCUT2D eigenvalue weighted by molar-refractivity contribution is 5.02. The lowest BCUT2D eigenvalue weighted by Gasteiger charge is -2.47. The molecule has 4 fully saturated rings. The van der Waals surface area contributed by atoms with Crippen molar-refractivity contribution in [3.8, 4) is 0 Å². The van der Waals surface area contributed by atoms with Gasteiger partial charge < -0.3 is 98.6 Å². The van der Waals surface area contributed by atoms with Crippen molar-refractivity contribution in [2.24, 2.45) is 34.4 Å². The Bertz CT molecular complexity index is 868. The Morgan fingerprint density at radius 2 is 0.976 bits per heavy atom. The van der Waals surface area contributed by atoms with Crippen LogP contribution in [-0.4, -0.2) is 172 Å². The Labute approximate surface area is 241 Å². The van der Waals surface area contributed by atoms with Gasteiger partial charge in [0.1, 0.15) is 67.1 Å². The molecular weight excluding hydrogens is 568 g/mol. The summed E-state index contributed by atoms with van der Waals surface area (Å²) in [4.78, 5) is 0. The molecule has 1 aliphatic carbocycles. The largest absolute Gasteiger partial charge is 0.394 e. The molecule has 0 aromatic heterocycles. The van der Waals surface area contributed by atoms with E-state index in [2.05, 4.69) is 0 Å². The molecule has 0 aromatic rings. The number of hydrogen-bond donors (Lipinski definition) is 13. The molecule has 19 heteroatoms. The van der Waals surface area contributed by atoms with Gasteiger partial charge in [0.15, 0.2) is 18.9 Å². The lowest BCUT2D eigenvalue weighted by Crippen LogP contribution is -2.68. The first-order valence-corrected chi connectivity index (χ1v) is 13.9. The summed E-state index contributed by atoms with van der Waals surface area (Å²) in [5.41, 5.74) is 35.6. The maximum Gasteiger partial charge on any atom is 0.187 e. The molecule has 3 saturated heterocycles. The van der Waals surface area contributed by atoms with Crippen molar-refractivity contribution in [3.05, 3.63) is 0 Å². The fourth-order valence-corrected chi connectivity index (χ4v) is 5.74. The molecule has 19 atom stereocenters. The topological polar surface area (TPSA) is 353 Å². The minimum absolute atomic E-state index is 0.0889. The third kappa shape index (κ3) is 6.60. The van der Waals surface area contributed by atoms with E-state index >= 15 is 0 Å². The first kappa shape index (κ1) is 34.1. The fraction of sp³-hybridized carbons (Fsp3) is 1.00. The van der Waals surface area contributed by atoms with E-state index in [1.807, 2.05) is 0 Å². The molecule has 0 aromatic carbocycles. The Kier molecular flexibility index (Phi) is 11.5. The van der Waals surface area contributed by atoms with E-state index in [0.29, 0.717) is 0 Å². The first-order chi connectivity index (χ1) is 19.8. The van der Waals surface area contributed by atoms with Gasteiger partial charge in [-0.1, -0.05) is 0 Å². The highest BCUT2D eigenvalue weighted by atomic mass is 16.8. The van der Waals surface area contributed by atoms with Crippen molar-refractivity contribution in [1.29, 1.82) is 0 Å². The maximum absolute atomic E-state index is 11.1. The molecule has 0 radical (unpaired) electrons. The molecule has 4 rings (SSSR count). The van der Waals surface area contributed by atoms with Crippen LogP contribution >= 0.6 is 0 Å². The number of nitrogens with two attached hydrogens (primary N) is 6. The fourth-order valence-electron chi connectivity index (χ4n) is 5.74. The second kappa shape index (κ2) is 14.1. The zero-order chi connectivity index (χ0) is 31.0. The van der Waals surface area contributed by atoms with Crippen LogP contribution < -0.4 is 34.4 Å². The van der Waals surface area contributed by atoms with Gasteiger partial charge in [-0.05, 0) is 6.42 Å². The van der Waals surface area contributed by atoms with Crippen LogP contribution in [0, 0.1) is 0 Å². The molecule has 0 unspecified atom stereocenters. The van der Waals surface area contributed by atoms with Crippen LogP contribution in [0.2, 0.25) is 0 Å². The lowest BCUT2D eigenvalue weighted by molar-refractivity contribution is -0.306. The van der Waals surface area contributed by atoms with Gasteiger partial charge in [0, 0.05) is 25.2 Å². The van der Waals surface area contributed by atoms with Crippen molar-refractivity contribution in [1.82, 2.24) is 0 Å². The van der Waals surface area contributed by atoms with Crippen molar-refractivity contribution in [3.63, 3.8) is 0 Å². The Balaban J connectivity index is 1.50. The van der Waals surface area contributed by atoms with Gasteiger partial charge in [-0.15, -0.1) is 0 Å². The predicted molar refractivity (Wildman–Crippen MR) is 138 cm³/mol. The van der Waals surface area contributed by atoms with Crippen LogP contribution in [0.15, 0.2) is 0 Å². The SMILES string of the molecule is NC[C@@H]1O[C@H](O[C@H]2[C@@H](O)[C@H](O[C@@H]3[C@@H](O)[C@H](N)C[C@H](N)[C@H]3O[C@H]3O[C@H](CN)[C@H](O)[C@H](O)[C@H]3N)O[C@@H]2CO)[C@H](N)[C@@H](O)[C@@H]1O. The van der Waals surface area contributed by atoms with E-state index in [1.54, 1.807) is 0 Å². The average Bonchev–Trinajstić information content (AvgIpc) is 3.27. The van der Waals surface area contributed by atoms with Crippen LogP contribution in [0.1, 0.15) is 6.42 Å². The van der Waals surface area contributed by atoms with Gasteiger partial charge in [-0.25, -0.2) is 0 Å². The van der Waals surface area contributed by atoms with Crippen molar-refractivity contribution < 1.29 is 64.2 Å². The summed E-state index contributed by atoms with van der Waals surface area (Å²) in [5.74, 6) is 0. The zero-order valence-corrected chi connectivity index (χ0v) is 22.8. The Hall–Kier alpha value is -0.760. The molecular formula is C23H46N6O13. The van der Waals surface area contributed by atoms with Gasteiger partial charge in [0.2, 0.25) is 0 Å². The number of ether oxygens (including phenoxy) is 6. The molecule has 19 N–H and O–H groups in total. The molecule has 246 valence electrons. The molecule has 0 amide bonds. The van der Waals surface area contributed by atoms with Gasteiger partial charge in [0.25, 0.3) is 0 Å². The summed E-state index contributed by atoms with van der Waals surface area (Å²) in [7, 11) is 0. The summed E-state index contributed by atoms with van der Waals surface area (Å²) >= 11 is 0. The molecule has 3 aliphatic heterocycles. The highest BCUT2D eigenvalue weighted by Crippen LogP contribution is 2.34. The van der Waals surface area contributed by atoms with Gasteiger partial charge in [-0.3, -0.25) is 0 Å². The molecule has 0 spiro atoms. The second-order valence-corrected chi connectivity index (χ2v) is 11.2. The highest BCUT2D eigenvalue weighted by Gasteiger charge is 2.54. The molecule has 19 nitrogen and oxygen atoms in total. The van der Waals surface area contributed by atoms with E-state index in [4.69, 9.17) is 62.8 Å². The normalized spacial score (nSPS) is 53.8. The molecule has 4 aliphatic rings. The van der Waals surface area contributed by atoms with Crippen molar-refractivity contribution >= 4 is 0 Å². The van der Waals surface area contributed by atoms with Crippen LogP contribution in [-0.2, 0) is 28.4 Å². The average molecular weight is 615 g/mol. The third-order valence-electron chi connectivity index (χ3n) is 8.37. The van der Waals surface area contributed by atoms with Gasteiger partial charge in [0.05, 0.1) is 24.8 Å². The number of aliphatic hydroxyl groups excluding tert-OH is 7.